The van der Waals surface area contributed by atoms with Gasteiger partial charge in [-0.1, -0.05) is 19.1 Å². The van der Waals surface area contributed by atoms with Crippen molar-refractivity contribution in [1.29, 1.82) is 0 Å². The van der Waals surface area contributed by atoms with Crippen LogP contribution >= 0.6 is 0 Å². The van der Waals surface area contributed by atoms with Gasteiger partial charge in [0.2, 0.25) is 5.91 Å². The van der Waals surface area contributed by atoms with Crippen molar-refractivity contribution < 1.29 is 14.7 Å². The first kappa shape index (κ1) is 20.7. The molecule has 6 nitrogen and oxygen atoms in total. The maximum atomic E-state index is 11.9. The van der Waals surface area contributed by atoms with Crippen LogP contribution < -0.4 is 15.1 Å². The lowest BCUT2D eigenvalue weighted by Gasteiger charge is -2.38. The van der Waals surface area contributed by atoms with Gasteiger partial charge in [0.1, 0.15) is 0 Å². The Morgan fingerprint density at radius 3 is 2.38 bits per heavy atom. The van der Waals surface area contributed by atoms with Crippen molar-refractivity contribution in [3.05, 3.63) is 53.1 Å². The Morgan fingerprint density at radius 2 is 1.72 bits per heavy atom. The molecular weight excluding hydrogens is 366 g/mol. The lowest BCUT2D eigenvalue weighted by Crippen LogP contribution is -2.46. The minimum Gasteiger partial charge on any atom is -0.478 e. The molecular formula is C23H29N3O3. The number of anilines is 3. The number of nitrogens with zero attached hydrogens (tertiary/aromatic N) is 2. The maximum Gasteiger partial charge on any atom is 0.337 e. The minimum absolute atomic E-state index is 0.129. The van der Waals surface area contributed by atoms with E-state index in [1.54, 1.807) is 12.1 Å². The molecule has 0 unspecified atom stereocenters. The zero-order valence-electron chi connectivity index (χ0n) is 17.4. The van der Waals surface area contributed by atoms with Crippen molar-refractivity contribution in [2.45, 2.75) is 33.6 Å². The molecule has 0 spiro atoms. The number of aryl methyl sites for hydroxylation is 1. The van der Waals surface area contributed by atoms with Gasteiger partial charge in [0.15, 0.2) is 0 Å². The van der Waals surface area contributed by atoms with Crippen molar-refractivity contribution in [1.82, 2.24) is 0 Å². The lowest BCUT2D eigenvalue weighted by atomic mass is 10.1. The topological polar surface area (TPSA) is 72.9 Å². The average Bonchev–Trinajstić information content (AvgIpc) is 2.70. The molecule has 1 heterocycles. The molecule has 1 aliphatic rings. The van der Waals surface area contributed by atoms with E-state index in [-0.39, 0.29) is 11.5 Å². The first-order chi connectivity index (χ1) is 13.9. The van der Waals surface area contributed by atoms with E-state index in [9.17, 15) is 14.7 Å². The predicted molar refractivity (Wildman–Crippen MR) is 117 cm³/mol. The van der Waals surface area contributed by atoms with Gasteiger partial charge in [-0.05, 0) is 55.7 Å². The Bertz CT molecular complexity index is 902. The van der Waals surface area contributed by atoms with Crippen LogP contribution in [-0.2, 0) is 4.79 Å². The number of carboxylic acids is 1. The Kier molecular flexibility index (Phi) is 6.42. The number of carbonyl (C=O) groups is 2. The second-order valence-electron chi connectivity index (χ2n) is 7.53. The van der Waals surface area contributed by atoms with Gasteiger partial charge < -0.3 is 20.2 Å². The van der Waals surface area contributed by atoms with E-state index in [2.05, 4.69) is 47.2 Å². The Balaban J connectivity index is 1.73. The highest BCUT2D eigenvalue weighted by Gasteiger charge is 2.21. The average molecular weight is 396 g/mol. The summed E-state index contributed by atoms with van der Waals surface area (Å²) in [5.74, 6) is -1.20. The number of rotatable bonds is 6. The van der Waals surface area contributed by atoms with Crippen LogP contribution in [0.1, 0.15) is 41.3 Å². The van der Waals surface area contributed by atoms with Gasteiger partial charge in [-0.25, -0.2) is 4.79 Å². The molecule has 0 aliphatic carbocycles. The smallest absolute Gasteiger partial charge is 0.337 e. The largest absolute Gasteiger partial charge is 0.478 e. The molecule has 154 valence electrons. The fraction of sp³-hybridized carbons (Fsp3) is 0.391. The van der Waals surface area contributed by atoms with E-state index >= 15 is 0 Å². The van der Waals surface area contributed by atoms with Crippen LogP contribution in [0.25, 0.3) is 0 Å². The molecule has 1 saturated heterocycles. The van der Waals surface area contributed by atoms with E-state index in [4.69, 9.17) is 0 Å². The summed E-state index contributed by atoms with van der Waals surface area (Å²) in [6, 6.07) is 11.6. The molecule has 2 aromatic rings. The van der Waals surface area contributed by atoms with Crippen molar-refractivity contribution in [2.75, 3.05) is 41.3 Å². The molecule has 0 saturated carbocycles. The quantitative estimate of drug-likeness (QED) is 0.771. The summed E-state index contributed by atoms with van der Waals surface area (Å²) in [6.07, 6.45) is 1.10. The fourth-order valence-corrected chi connectivity index (χ4v) is 3.74. The SMILES string of the molecule is CCCC(=O)Nc1ccc(N2CCN(c3cccc(C)c3C)CC2)cc1C(=O)O. The maximum absolute atomic E-state index is 11.9. The summed E-state index contributed by atoms with van der Waals surface area (Å²) >= 11 is 0. The van der Waals surface area contributed by atoms with Crippen molar-refractivity contribution in [3.63, 3.8) is 0 Å². The van der Waals surface area contributed by atoms with Crippen LogP contribution in [0.2, 0.25) is 0 Å². The van der Waals surface area contributed by atoms with Gasteiger partial charge >= 0.3 is 5.97 Å². The Morgan fingerprint density at radius 1 is 1.03 bits per heavy atom. The third kappa shape index (κ3) is 4.70. The van der Waals surface area contributed by atoms with E-state index in [0.29, 0.717) is 12.1 Å². The van der Waals surface area contributed by atoms with Crippen molar-refractivity contribution in [3.8, 4) is 0 Å². The van der Waals surface area contributed by atoms with Crippen LogP contribution in [0.15, 0.2) is 36.4 Å². The number of benzene rings is 2. The molecule has 1 fully saturated rings. The molecule has 2 aromatic carbocycles. The van der Waals surface area contributed by atoms with Gasteiger partial charge in [-0.2, -0.15) is 0 Å². The standard InChI is InChI=1S/C23H29N3O3/c1-4-6-22(27)24-20-10-9-18(15-19(20)23(28)29)25-11-13-26(14-12-25)21-8-5-7-16(2)17(21)3/h5,7-10,15H,4,6,11-14H2,1-3H3,(H,24,27)(H,28,29). The number of carbonyl (C=O) groups excluding carboxylic acids is 1. The number of hydrogen-bond acceptors (Lipinski definition) is 4. The molecule has 1 amide bonds. The number of hydrogen-bond donors (Lipinski definition) is 2. The summed E-state index contributed by atoms with van der Waals surface area (Å²) in [5, 5.41) is 12.3. The molecule has 1 aliphatic heterocycles. The first-order valence-electron chi connectivity index (χ1n) is 10.1. The van der Waals surface area contributed by atoms with E-state index in [1.807, 2.05) is 13.0 Å². The van der Waals surface area contributed by atoms with Crippen molar-refractivity contribution >= 4 is 28.9 Å². The molecule has 3 rings (SSSR count). The summed E-state index contributed by atoms with van der Waals surface area (Å²) in [5.41, 5.74) is 5.22. The highest BCUT2D eigenvalue weighted by molar-refractivity contribution is 6.01. The minimum atomic E-state index is -1.03. The van der Waals surface area contributed by atoms with Gasteiger partial charge in [0, 0.05) is 44.0 Å². The Hall–Kier alpha value is -3.02. The zero-order valence-corrected chi connectivity index (χ0v) is 17.4. The summed E-state index contributed by atoms with van der Waals surface area (Å²) < 4.78 is 0. The fourth-order valence-electron chi connectivity index (χ4n) is 3.74. The number of piperazine rings is 1. The summed E-state index contributed by atoms with van der Waals surface area (Å²) in [7, 11) is 0. The third-order valence-electron chi connectivity index (χ3n) is 5.55. The van der Waals surface area contributed by atoms with Gasteiger partial charge in [0.25, 0.3) is 0 Å². The Labute approximate surface area is 172 Å². The lowest BCUT2D eigenvalue weighted by molar-refractivity contribution is -0.116. The molecule has 29 heavy (non-hydrogen) atoms. The van der Waals surface area contributed by atoms with E-state index < -0.39 is 5.97 Å². The molecule has 0 aromatic heterocycles. The van der Waals surface area contributed by atoms with Crippen LogP contribution in [0.5, 0.6) is 0 Å². The molecule has 2 N–H and O–H groups in total. The molecule has 0 atom stereocenters. The van der Waals surface area contributed by atoms with Gasteiger partial charge in [0.05, 0.1) is 11.3 Å². The van der Waals surface area contributed by atoms with Crippen LogP contribution in [0.4, 0.5) is 17.1 Å². The zero-order chi connectivity index (χ0) is 21.0. The van der Waals surface area contributed by atoms with Crippen molar-refractivity contribution in [2.24, 2.45) is 0 Å². The highest BCUT2D eigenvalue weighted by Crippen LogP contribution is 2.28. The molecule has 6 heteroatoms. The molecule has 0 bridgehead atoms. The number of aromatic carboxylic acids is 1. The first-order valence-corrected chi connectivity index (χ1v) is 10.1. The highest BCUT2D eigenvalue weighted by atomic mass is 16.4. The monoisotopic (exact) mass is 395 g/mol. The second-order valence-corrected chi connectivity index (χ2v) is 7.53. The number of nitrogens with one attached hydrogen (secondary N) is 1. The van der Waals surface area contributed by atoms with E-state index in [0.717, 1.165) is 38.3 Å². The van der Waals surface area contributed by atoms with Crippen LogP contribution in [0.3, 0.4) is 0 Å². The molecule has 0 radical (unpaired) electrons. The van der Waals surface area contributed by atoms with Gasteiger partial charge in [-0.3, -0.25) is 4.79 Å². The third-order valence-corrected chi connectivity index (χ3v) is 5.55. The normalized spacial score (nSPS) is 14.0. The number of carboxylic acid groups (broad SMARTS) is 1. The van der Waals surface area contributed by atoms with Crippen LogP contribution in [0, 0.1) is 13.8 Å². The van der Waals surface area contributed by atoms with E-state index in [1.165, 1.54) is 16.8 Å². The second kappa shape index (κ2) is 8.99. The summed E-state index contributed by atoms with van der Waals surface area (Å²) in [6.45, 7) is 9.58. The summed E-state index contributed by atoms with van der Waals surface area (Å²) in [4.78, 5) is 28.2. The van der Waals surface area contributed by atoms with Crippen LogP contribution in [-0.4, -0.2) is 43.2 Å². The number of amides is 1. The van der Waals surface area contributed by atoms with Gasteiger partial charge in [-0.15, -0.1) is 0 Å². The predicted octanol–water partition coefficient (Wildman–Crippen LogP) is 4.07.